The summed E-state index contributed by atoms with van der Waals surface area (Å²) in [5, 5.41) is 0. The van der Waals surface area contributed by atoms with Gasteiger partial charge in [-0.15, -0.1) is 11.3 Å². The van der Waals surface area contributed by atoms with Crippen molar-refractivity contribution in [3.8, 4) is 16.2 Å². The van der Waals surface area contributed by atoms with Crippen LogP contribution in [0.5, 0.6) is 5.75 Å². The Kier molecular flexibility index (Phi) is 4.47. The number of anilines is 1. The van der Waals surface area contributed by atoms with E-state index in [9.17, 15) is 9.18 Å². The van der Waals surface area contributed by atoms with Crippen LogP contribution in [-0.2, 0) is 4.74 Å². The maximum absolute atomic E-state index is 14.2. The van der Waals surface area contributed by atoms with Gasteiger partial charge in [-0.2, -0.15) is 0 Å². The number of nitrogen functional groups attached to an aromatic ring is 1. The van der Waals surface area contributed by atoms with E-state index in [0.29, 0.717) is 27.4 Å². The molecular formula is C15H16FNO3S. The highest BCUT2D eigenvalue weighted by Crippen LogP contribution is 2.43. The summed E-state index contributed by atoms with van der Waals surface area (Å²) in [6.45, 7) is 3.72. The van der Waals surface area contributed by atoms with Gasteiger partial charge in [-0.05, 0) is 31.5 Å². The third-order valence-electron chi connectivity index (χ3n) is 3.08. The van der Waals surface area contributed by atoms with Gasteiger partial charge in [-0.1, -0.05) is 6.07 Å². The van der Waals surface area contributed by atoms with Crippen molar-refractivity contribution >= 4 is 23.0 Å². The molecular weight excluding hydrogens is 293 g/mol. The van der Waals surface area contributed by atoms with Gasteiger partial charge in [0.05, 0.1) is 25.0 Å². The lowest BCUT2D eigenvalue weighted by atomic mass is 10.1. The molecule has 6 heteroatoms. The molecule has 1 aromatic carbocycles. The molecule has 2 aromatic rings. The molecule has 2 rings (SSSR count). The second kappa shape index (κ2) is 6.13. The van der Waals surface area contributed by atoms with Crippen LogP contribution in [0.2, 0.25) is 0 Å². The SMILES string of the molecule is CCOC(=O)c1sc(-c2c(F)cccc2OC)c(C)c1N. The van der Waals surface area contributed by atoms with Crippen LogP contribution >= 0.6 is 11.3 Å². The summed E-state index contributed by atoms with van der Waals surface area (Å²) in [6, 6.07) is 4.57. The summed E-state index contributed by atoms with van der Waals surface area (Å²) in [5.74, 6) is -0.520. The molecule has 2 N–H and O–H groups in total. The Bertz CT molecular complexity index is 682. The first-order chi connectivity index (χ1) is 10.0. The average molecular weight is 309 g/mol. The van der Waals surface area contributed by atoms with Crippen LogP contribution < -0.4 is 10.5 Å². The molecule has 0 spiro atoms. The first-order valence-corrected chi connectivity index (χ1v) is 7.21. The molecule has 0 radical (unpaired) electrons. The van der Waals surface area contributed by atoms with Crippen LogP contribution in [0, 0.1) is 12.7 Å². The lowest BCUT2D eigenvalue weighted by molar-refractivity contribution is 0.0533. The molecule has 0 bridgehead atoms. The fourth-order valence-corrected chi connectivity index (χ4v) is 3.18. The number of methoxy groups -OCH3 is 1. The number of rotatable bonds is 4. The molecule has 112 valence electrons. The van der Waals surface area contributed by atoms with Crippen molar-refractivity contribution in [3.05, 3.63) is 34.5 Å². The minimum absolute atomic E-state index is 0.258. The molecule has 0 fully saturated rings. The Hall–Kier alpha value is -2.08. The highest BCUT2D eigenvalue weighted by Gasteiger charge is 2.24. The molecule has 1 heterocycles. The normalized spacial score (nSPS) is 10.5. The van der Waals surface area contributed by atoms with E-state index < -0.39 is 11.8 Å². The van der Waals surface area contributed by atoms with E-state index in [0.717, 1.165) is 11.3 Å². The molecule has 0 aliphatic rings. The molecule has 0 saturated carbocycles. The smallest absolute Gasteiger partial charge is 0.350 e. The number of ether oxygens (including phenoxy) is 2. The molecule has 4 nitrogen and oxygen atoms in total. The first-order valence-electron chi connectivity index (χ1n) is 6.40. The largest absolute Gasteiger partial charge is 0.496 e. The summed E-state index contributed by atoms with van der Waals surface area (Å²) < 4.78 is 24.3. The number of esters is 1. The zero-order valence-electron chi connectivity index (χ0n) is 12.0. The van der Waals surface area contributed by atoms with Crippen LogP contribution in [0.15, 0.2) is 18.2 Å². The molecule has 1 aromatic heterocycles. The van der Waals surface area contributed by atoms with Crippen molar-refractivity contribution in [1.82, 2.24) is 0 Å². The predicted octanol–water partition coefficient (Wildman–Crippen LogP) is 3.63. The van der Waals surface area contributed by atoms with E-state index in [4.69, 9.17) is 15.2 Å². The van der Waals surface area contributed by atoms with E-state index in [1.807, 2.05) is 0 Å². The lowest BCUT2D eigenvalue weighted by Gasteiger charge is -2.08. The van der Waals surface area contributed by atoms with Crippen LogP contribution in [0.1, 0.15) is 22.2 Å². The second-order valence-corrected chi connectivity index (χ2v) is 5.36. The molecule has 0 aliphatic heterocycles. The number of halogens is 1. The van der Waals surface area contributed by atoms with Crippen LogP contribution in [-0.4, -0.2) is 19.7 Å². The lowest BCUT2D eigenvalue weighted by Crippen LogP contribution is -2.05. The van der Waals surface area contributed by atoms with Crippen molar-refractivity contribution in [2.75, 3.05) is 19.5 Å². The Morgan fingerprint density at radius 2 is 2.14 bits per heavy atom. The number of nitrogens with two attached hydrogens (primary N) is 1. The molecule has 0 saturated heterocycles. The molecule has 21 heavy (non-hydrogen) atoms. The van der Waals surface area contributed by atoms with Crippen molar-refractivity contribution < 1.29 is 18.7 Å². The van der Waals surface area contributed by atoms with Crippen molar-refractivity contribution in [3.63, 3.8) is 0 Å². The van der Waals surface area contributed by atoms with Gasteiger partial charge in [0.1, 0.15) is 16.4 Å². The summed E-state index contributed by atoms with van der Waals surface area (Å²) in [7, 11) is 1.47. The quantitative estimate of drug-likeness (QED) is 0.876. The van der Waals surface area contributed by atoms with Crippen LogP contribution in [0.3, 0.4) is 0 Å². The van der Waals surface area contributed by atoms with E-state index in [1.54, 1.807) is 26.0 Å². The Morgan fingerprint density at radius 1 is 1.43 bits per heavy atom. The Labute approximate surface area is 126 Å². The fourth-order valence-electron chi connectivity index (χ4n) is 2.01. The summed E-state index contributed by atoms with van der Waals surface area (Å²) in [4.78, 5) is 12.7. The summed E-state index contributed by atoms with van der Waals surface area (Å²) in [5.41, 5.74) is 7.23. The van der Waals surface area contributed by atoms with E-state index in [-0.39, 0.29) is 11.5 Å². The molecule has 0 aliphatic carbocycles. The highest BCUT2D eigenvalue weighted by molar-refractivity contribution is 7.18. The van der Waals surface area contributed by atoms with Gasteiger partial charge in [0, 0.05) is 4.88 Å². The number of benzene rings is 1. The second-order valence-electron chi connectivity index (χ2n) is 4.34. The number of carbonyl (C=O) groups is 1. The number of hydrogen-bond acceptors (Lipinski definition) is 5. The van der Waals surface area contributed by atoms with E-state index >= 15 is 0 Å². The highest BCUT2D eigenvalue weighted by atomic mass is 32.1. The summed E-state index contributed by atoms with van der Waals surface area (Å²) in [6.07, 6.45) is 0. The number of hydrogen-bond donors (Lipinski definition) is 1. The number of thiophene rings is 1. The van der Waals surface area contributed by atoms with Gasteiger partial charge in [0.2, 0.25) is 0 Å². The number of carbonyl (C=O) groups excluding carboxylic acids is 1. The van der Waals surface area contributed by atoms with Gasteiger partial charge < -0.3 is 15.2 Å². The van der Waals surface area contributed by atoms with E-state index in [1.165, 1.54) is 13.2 Å². The average Bonchev–Trinajstić information content (AvgIpc) is 2.75. The molecule has 0 atom stereocenters. The van der Waals surface area contributed by atoms with Crippen molar-refractivity contribution in [2.45, 2.75) is 13.8 Å². The minimum atomic E-state index is -0.496. The van der Waals surface area contributed by atoms with Crippen LogP contribution in [0.25, 0.3) is 10.4 Å². The minimum Gasteiger partial charge on any atom is -0.496 e. The van der Waals surface area contributed by atoms with Crippen LogP contribution in [0.4, 0.5) is 10.1 Å². The third-order valence-corrected chi connectivity index (χ3v) is 4.38. The molecule has 0 unspecified atom stereocenters. The van der Waals surface area contributed by atoms with E-state index in [2.05, 4.69) is 0 Å². The van der Waals surface area contributed by atoms with Gasteiger partial charge >= 0.3 is 5.97 Å². The monoisotopic (exact) mass is 309 g/mol. The summed E-state index contributed by atoms with van der Waals surface area (Å²) >= 11 is 1.11. The van der Waals surface area contributed by atoms with Gasteiger partial charge in [-0.25, -0.2) is 9.18 Å². The topological polar surface area (TPSA) is 61.5 Å². The fraction of sp³-hybridized carbons (Fsp3) is 0.267. The van der Waals surface area contributed by atoms with Gasteiger partial charge in [0.15, 0.2) is 0 Å². The maximum Gasteiger partial charge on any atom is 0.350 e. The zero-order chi connectivity index (χ0) is 15.6. The standard InChI is InChI=1S/C15H16FNO3S/c1-4-20-15(18)14-12(17)8(2)13(21-14)11-9(16)6-5-7-10(11)19-3/h5-7H,4,17H2,1-3H3. The first kappa shape index (κ1) is 15.3. The van der Waals surface area contributed by atoms with Crippen molar-refractivity contribution in [2.24, 2.45) is 0 Å². The molecule has 0 amide bonds. The van der Waals surface area contributed by atoms with Crippen molar-refractivity contribution in [1.29, 1.82) is 0 Å². The predicted molar refractivity (Wildman–Crippen MR) is 81.4 cm³/mol. The third kappa shape index (κ3) is 2.71. The zero-order valence-corrected chi connectivity index (χ0v) is 12.8. The maximum atomic E-state index is 14.2. The van der Waals surface area contributed by atoms with Gasteiger partial charge in [-0.3, -0.25) is 0 Å². The Balaban J connectivity index is 2.61. The van der Waals surface area contributed by atoms with Gasteiger partial charge in [0.25, 0.3) is 0 Å². The Morgan fingerprint density at radius 3 is 2.76 bits per heavy atom.